The standard InChI is InChI=1S/C42H52N2O9S/c1-28(2)36-23-42(16-9-17-44(26-42)54(48,49)34-14-18-43(19-15-34)41(47)51-24-32-10-7-6-8-11-32)27-52-40(36)35-22-33(12-13-37(35)50-25-39(45)46)53-38-21-29(3)20-30(4)31(38)5/h6-8,10-13,20-22,34,36,40H,1,9,14-19,23-27H2,2-5H3,(H,45,46)/t36-,40-,42+/m1/s1. The number of hydrogen-bond acceptors (Lipinski definition) is 8. The van der Waals surface area contributed by atoms with Crippen LogP contribution in [0.15, 0.2) is 72.8 Å². The first-order valence-electron chi connectivity index (χ1n) is 18.7. The van der Waals surface area contributed by atoms with E-state index >= 15 is 0 Å². The van der Waals surface area contributed by atoms with Crippen LogP contribution in [0.3, 0.4) is 0 Å². The van der Waals surface area contributed by atoms with Crippen molar-refractivity contribution >= 4 is 22.1 Å². The number of benzene rings is 3. The molecule has 3 fully saturated rings. The van der Waals surface area contributed by atoms with Gasteiger partial charge in [-0.3, -0.25) is 0 Å². The maximum atomic E-state index is 14.1. The molecule has 0 radical (unpaired) electrons. The highest BCUT2D eigenvalue weighted by Gasteiger charge is 2.49. The summed E-state index contributed by atoms with van der Waals surface area (Å²) in [6.45, 7) is 13.7. The molecule has 3 aliphatic heterocycles. The molecule has 290 valence electrons. The van der Waals surface area contributed by atoms with E-state index in [0.717, 1.165) is 40.0 Å². The Hall–Kier alpha value is -4.39. The third-order valence-electron chi connectivity index (χ3n) is 11.2. The number of carboxylic acids is 1. The molecular formula is C42H52N2O9S. The van der Waals surface area contributed by atoms with E-state index in [1.54, 1.807) is 21.3 Å². The fourth-order valence-electron chi connectivity index (χ4n) is 8.09. The van der Waals surface area contributed by atoms with Crippen LogP contribution < -0.4 is 9.47 Å². The summed E-state index contributed by atoms with van der Waals surface area (Å²) in [7, 11) is -3.65. The van der Waals surface area contributed by atoms with Crippen LogP contribution in [0.5, 0.6) is 17.2 Å². The van der Waals surface area contributed by atoms with Gasteiger partial charge in [0.15, 0.2) is 6.61 Å². The number of carbonyl (C=O) groups excluding carboxylic acids is 1. The molecule has 3 aromatic rings. The molecule has 12 heteroatoms. The molecular weight excluding hydrogens is 709 g/mol. The van der Waals surface area contributed by atoms with Gasteiger partial charge in [-0.2, -0.15) is 0 Å². The first kappa shape index (κ1) is 39.3. The van der Waals surface area contributed by atoms with Crippen molar-refractivity contribution in [2.75, 3.05) is 39.4 Å². The van der Waals surface area contributed by atoms with Crippen molar-refractivity contribution in [3.05, 3.63) is 101 Å². The Morgan fingerprint density at radius 3 is 2.44 bits per heavy atom. The number of carbonyl (C=O) groups is 2. The monoisotopic (exact) mass is 760 g/mol. The molecule has 3 aliphatic rings. The highest BCUT2D eigenvalue weighted by Crippen LogP contribution is 2.51. The SMILES string of the molecule is C=C(C)[C@H]1C[C@]2(CCCN(S(=O)(=O)C3CCN(C(=O)OCc4ccccc4)CC3)C2)CO[C@@H]1c1cc(Oc2cc(C)cc(C)c2C)ccc1OCC(=O)O. The van der Waals surface area contributed by atoms with E-state index in [4.69, 9.17) is 18.9 Å². The normalized spacial score (nSPS) is 22.5. The number of aryl methyl sites for hydroxylation is 2. The number of ether oxygens (including phenoxy) is 4. The van der Waals surface area contributed by atoms with Crippen LogP contribution >= 0.6 is 0 Å². The average molecular weight is 761 g/mol. The van der Waals surface area contributed by atoms with Crippen LogP contribution in [0, 0.1) is 32.1 Å². The number of nitrogens with zero attached hydrogens (tertiary/aromatic N) is 2. The summed E-state index contributed by atoms with van der Waals surface area (Å²) in [5, 5.41) is 8.84. The van der Waals surface area contributed by atoms with Crippen LogP contribution in [0.1, 0.15) is 72.9 Å². The van der Waals surface area contributed by atoms with E-state index in [9.17, 15) is 23.1 Å². The summed E-state index contributed by atoms with van der Waals surface area (Å²) in [5.74, 6) is 0.392. The van der Waals surface area contributed by atoms with E-state index in [-0.39, 0.29) is 12.5 Å². The topological polar surface area (TPSA) is 132 Å². The Morgan fingerprint density at radius 2 is 1.74 bits per heavy atom. The van der Waals surface area contributed by atoms with Crippen molar-refractivity contribution < 1.29 is 42.1 Å². The Morgan fingerprint density at radius 1 is 1.00 bits per heavy atom. The predicted octanol–water partition coefficient (Wildman–Crippen LogP) is 7.73. The number of likely N-dealkylation sites (tertiary alicyclic amines) is 1. The molecule has 0 unspecified atom stereocenters. The zero-order chi connectivity index (χ0) is 38.6. The summed E-state index contributed by atoms with van der Waals surface area (Å²) in [4.78, 5) is 25.9. The molecule has 1 N–H and O–H groups in total. The number of carboxylic acid groups (broad SMARTS) is 1. The van der Waals surface area contributed by atoms with E-state index < -0.39 is 45.5 Å². The fourth-order valence-corrected chi connectivity index (χ4v) is 10.2. The number of hydrogen-bond donors (Lipinski definition) is 1. The summed E-state index contributed by atoms with van der Waals surface area (Å²) >= 11 is 0. The fraction of sp³-hybridized carbons (Fsp3) is 0.476. The molecule has 3 heterocycles. The van der Waals surface area contributed by atoms with Crippen LogP contribution in [0.4, 0.5) is 4.79 Å². The molecule has 0 aliphatic carbocycles. The lowest BCUT2D eigenvalue weighted by Gasteiger charge is -2.50. The molecule has 3 aromatic carbocycles. The summed E-state index contributed by atoms with van der Waals surface area (Å²) in [6.07, 6.45) is 1.89. The minimum Gasteiger partial charge on any atom is -0.482 e. The highest BCUT2D eigenvalue weighted by molar-refractivity contribution is 7.89. The van der Waals surface area contributed by atoms with Crippen molar-refractivity contribution in [3.8, 4) is 17.2 Å². The lowest BCUT2D eigenvalue weighted by molar-refractivity contribution is -0.139. The van der Waals surface area contributed by atoms with Gasteiger partial charge in [-0.1, -0.05) is 48.6 Å². The average Bonchev–Trinajstić information content (AvgIpc) is 3.15. The zero-order valence-electron chi connectivity index (χ0n) is 31.7. The Balaban J connectivity index is 1.16. The van der Waals surface area contributed by atoms with Crippen LogP contribution in [-0.2, 0) is 30.9 Å². The quantitative estimate of drug-likeness (QED) is 0.195. The van der Waals surface area contributed by atoms with Crippen molar-refractivity contribution in [2.24, 2.45) is 11.3 Å². The van der Waals surface area contributed by atoms with Gasteiger partial charge in [-0.25, -0.2) is 22.3 Å². The number of piperidine rings is 2. The number of sulfonamides is 1. The van der Waals surface area contributed by atoms with Crippen molar-refractivity contribution in [3.63, 3.8) is 0 Å². The number of rotatable bonds is 11. The van der Waals surface area contributed by atoms with Crippen LogP contribution in [0.25, 0.3) is 0 Å². The molecule has 0 saturated carbocycles. The maximum absolute atomic E-state index is 14.1. The molecule has 54 heavy (non-hydrogen) atoms. The second-order valence-electron chi connectivity index (χ2n) is 15.3. The van der Waals surface area contributed by atoms with Gasteiger partial charge < -0.3 is 29.0 Å². The van der Waals surface area contributed by atoms with Gasteiger partial charge in [-0.15, -0.1) is 0 Å². The Bertz CT molecular complexity index is 1960. The van der Waals surface area contributed by atoms with E-state index in [1.165, 1.54) is 0 Å². The van der Waals surface area contributed by atoms with E-state index in [1.807, 2.05) is 70.2 Å². The number of amides is 1. The third kappa shape index (κ3) is 8.93. The predicted molar refractivity (Wildman–Crippen MR) is 205 cm³/mol. The molecule has 1 spiro atoms. The van der Waals surface area contributed by atoms with Gasteiger partial charge in [0.1, 0.15) is 23.9 Å². The van der Waals surface area contributed by atoms with Gasteiger partial charge in [-0.05, 0) is 106 Å². The van der Waals surface area contributed by atoms with Crippen LogP contribution in [-0.4, -0.2) is 79.4 Å². The third-order valence-corrected chi connectivity index (χ3v) is 13.5. The summed E-state index contributed by atoms with van der Waals surface area (Å²) in [5.41, 5.74) is 5.22. The van der Waals surface area contributed by atoms with Gasteiger partial charge in [0.25, 0.3) is 0 Å². The zero-order valence-corrected chi connectivity index (χ0v) is 32.5. The first-order chi connectivity index (χ1) is 25.7. The largest absolute Gasteiger partial charge is 0.482 e. The van der Waals surface area contributed by atoms with Gasteiger partial charge >= 0.3 is 12.1 Å². The molecule has 3 saturated heterocycles. The molecule has 6 rings (SSSR count). The summed E-state index contributed by atoms with van der Waals surface area (Å²) < 4.78 is 54.3. The first-order valence-corrected chi connectivity index (χ1v) is 20.2. The molecule has 11 nitrogen and oxygen atoms in total. The lowest BCUT2D eigenvalue weighted by atomic mass is 9.69. The highest BCUT2D eigenvalue weighted by atomic mass is 32.2. The lowest BCUT2D eigenvalue weighted by Crippen LogP contribution is -2.54. The minimum atomic E-state index is -3.65. The Labute approximate surface area is 318 Å². The summed E-state index contributed by atoms with van der Waals surface area (Å²) in [6, 6.07) is 18.9. The minimum absolute atomic E-state index is 0.171. The maximum Gasteiger partial charge on any atom is 0.410 e. The molecule has 1 amide bonds. The van der Waals surface area contributed by atoms with E-state index in [0.29, 0.717) is 75.5 Å². The van der Waals surface area contributed by atoms with Gasteiger partial charge in [0, 0.05) is 43.1 Å². The van der Waals surface area contributed by atoms with Crippen molar-refractivity contribution in [1.82, 2.24) is 9.21 Å². The Kier molecular flexibility index (Phi) is 12.0. The van der Waals surface area contributed by atoms with Gasteiger partial charge in [0.2, 0.25) is 10.0 Å². The molecule has 0 bridgehead atoms. The second-order valence-corrected chi connectivity index (χ2v) is 17.5. The van der Waals surface area contributed by atoms with E-state index in [2.05, 4.69) is 12.6 Å². The van der Waals surface area contributed by atoms with Crippen LogP contribution in [0.2, 0.25) is 0 Å². The molecule has 3 atom stereocenters. The van der Waals surface area contributed by atoms with Crippen molar-refractivity contribution in [1.29, 1.82) is 0 Å². The number of aliphatic carboxylic acids is 1. The van der Waals surface area contributed by atoms with Gasteiger partial charge in [0.05, 0.1) is 18.0 Å². The smallest absolute Gasteiger partial charge is 0.410 e. The van der Waals surface area contributed by atoms with Crippen molar-refractivity contribution in [2.45, 2.75) is 77.8 Å². The second kappa shape index (κ2) is 16.5. The molecule has 0 aromatic heterocycles.